The van der Waals surface area contributed by atoms with Crippen molar-refractivity contribution >= 4 is 17.5 Å². The Kier molecular flexibility index (Phi) is 5.72. The van der Waals surface area contributed by atoms with Crippen LogP contribution in [0.2, 0.25) is 0 Å². The van der Waals surface area contributed by atoms with Gasteiger partial charge in [0, 0.05) is 11.4 Å². The fraction of sp³-hybridized carbons (Fsp3) is 0.400. The summed E-state index contributed by atoms with van der Waals surface area (Å²) in [4.78, 5) is 11.7. The van der Waals surface area contributed by atoms with Crippen molar-refractivity contribution in [2.75, 3.05) is 19.5 Å². The Balaban J connectivity index is 2.49. The molecule has 0 aliphatic rings. The first-order chi connectivity index (χ1) is 8.99. The zero-order valence-electron chi connectivity index (χ0n) is 11.4. The zero-order chi connectivity index (χ0) is 14.3. The molecule has 1 N–H and O–H groups in total. The summed E-state index contributed by atoms with van der Waals surface area (Å²) in [5.41, 5.74) is 0.315. The monoisotopic (exact) mass is 279 g/mol. The summed E-state index contributed by atoms with van der Waals surface area (Å²) >= 11 is 5.72. The molecule has 0 saturated carbocycles. The van der Waals surface area contributed by atoms with Gasteiger partial charge in [0.25, 0.3) is 0 Å². The molecule has 0 radical (unpaired) electrons. The molecule has 4 heteroatoms. The third-order valence-corrected chi connectivity index (χ3v) is 3.28. The predicted molar refractivity (Wildman–Crippen MR) is 77.4 cm³/mol. The molecule has 1 aromatic rings. The van der Waals surface area contributed by atoms with Gasteiger partial charge in [0.1, 0.15) is 5.75 Å². The molecule has 0 spiro atoms. The number of halogens is 1. The molecular formula is C15H18ClNO2. The van der Waals surface area contributed by atoms with Gasteiger partial charge in [-0.15, -0.1) is 11.6 Å². The van der Waals surface area contributed by atoms with E-state index in [1.807, 2.05) is 24.3 Å². The van der Waals surface area contributed by atoms with Crippen molar-refractivity contribution in [2.45, 2.75) is 13.8 Å². The first-order valence-corrected chi connectivity index (χ1v) is 6.50. The maximum absolute atomic E-state index is 11.7. The second-order valence-electron chi connectivity index (χ2n) is 4.73. The average Bonchev–Trinajstić information content (AvgIpc) is 2.43. The van der Waals surface area contributed by atoms with Crippen LogP contribution in [0.5, 0.6) is 5.75 Å². The van der Waals surface area contributed by atoms with Gasteiger partial charge in [-0.05, 0) is 38.1 Å². The van der Waals surface area contributed by atoms with Crippen LogP contribution in [-0.4, -0.2) is 25.4 Å². The molecule has 0 saturated heterocycles. The number of hydrogen-bond acceptors (Lipinski definition) is 2. The molecule has 0 fully saturated rings. The summed E-state index contributed by atoms with van der Waals surface area (Å²) in [5, 5.41) is 2.74. The first-order valence-electron chi connectivity index (χ1n) is 5.97. The largest absolute Gasteiger partial charge is 0.497 e. The minimum Gasteiger partial charge on any atom is -0.497 e. The second-order valence-corrected chi connectivity index (χ2v) is 5.00. The number of amides is 1. The smallest absolute Gasteiger partial charge is 0.227 e. The first kappa shape index (κ1) is 15.4. The number of rotatable bonds is 4. The van der Waals surface area contributed by atoms with Crippen LogP contribution in [0.25, 0.3) is 0 Å². The van der Waals surface area contributed by atoms with Crippen LogP contribution in [-0.2, 0) is 4.79 Å². The second kappa shape index (κ2) is 7.06. The van der Waals surface area contributed by atoms with Crippen LogP contribution in [0, 0.1) is 17.3 Å². The summed E-state index contributed by atoms with van der Waals surface area (Å²) in [6.45, 7) is 3.91. The highest BCUT2D eigenvalue weighted by atomic mass is 35.5. The maximum atomic E-state index is 11.7. The van der Waals surface area contributed by atoms with E-state index in [0.717, 1.165) is 11.3 Å². The number of ether oxygens (including phenoxy) is 1. The van der Waals surface area contributed by atoms with E-state index in [4.69, 9.17) is 16.3 Å². The SMILES string of the molecule is COc1ccc(C#CCNC(=O)C(C)(C)CCl)cc1. The van der Waals surface area contributed by atoms with Crippen molar-refractivity contribution in [3.05, 3.63) is 29.8 Å². The third kappa shape index (κ3) is 4.84. The van der Waals surface area contributed by atoms with Gasteiger partial charge in [0.2, 0.25) is 5.91 Å². The van der Waals surface area contributed by atoms with Gasteiger partial charge in [-0.25, -0.2) is 0 Å². The van der Waals surface area contributed by atoms with Crippen molar-refractivity contribution in [3.8, 4) is 17.6 Å². The topological polar surface area (TPSA) is 38.3 Å². The Bertz CT molecular complexity index is 483. The van der Waals surface area contributed by atoms with Gasteiger partial charge in [-0.2, -0.15) is 0 Å². The molecule has 19 heavy (non-hydrogen) atoms. The number of alkyl halides is 1. The minimum atomic E-state index is -0.566. The van der Waals surface area contributed by atoms with E-state index in [-0.39, 0.29) is 11.8 Å². The summed E-state index contributed by atoms with van der Waals surface area (Å²) in [5.74, 6) is 6.85. The Morgan fingerprint density at radius 3 is 2.53 bits per heavy atom. The normalized spacial score (nSPS) is 10.3. The highest BCUT2D eigenvalue weighted by Crippen LogP contribution is 2.16. The predicted octanol–water partition coefficient (Wildman–Crippen LogP) is 2.43. The van der Waals surface area contributed by atoms with E-state index in [9.17, 15) is 4.79 Å². The molecule has 1 rings (SSSR count). The summed E-state index contributed by atoms with van der Waals surface area (Å²) in [7, 11) is 1.62. The van der Waals surface area contributed by atoms with E-state index in [0.29, 0.717) is 6.54 Å². The summed E-state index contributed by atoms with van der Waals surface area (Å²) in [6, 6.07) is 7.44. The van der Waals surface area contributed by atoms with Crippen LogP contribution >= 0.6 is 11.6 Å². The van der Waals surface area contributed by atoms with Crippen molar-refractivity contribution in [1.82, 2.24) is 5.32 Å². The van der Waals surface area contributed by atoms with Crippen molar-refractivity contribution in [1.29, 1.82) is 0 Å². The van der Waals surface area contributed by atoms with E-state index >= 15 is 0 Å². The van der Waals surface area contributed by atoms with Gasteiger partial charge in [0.15, 0.2) is 0 Å². The van der Waals surface area contributed by atoms with E-state index in [1.165, 1.54) is 0 Å². The molecule has 102 valence electrons. The fourth-order valence-electron chi connectivity index (χ4n) is 1.25. The highest BCUT2D eigenvalue weighted by Gasteiger charge is 2.25. The van der Waals surface area contributed by atoms with Gasteiger partial charge in [-0.3, -0.25) is 4.79 Å². The van der Waals surface area contributed by atoms with Gasteiger partial charge < -0.3 is 10.1 Å². The van der Waals surface area contributed by atoms with Gasteiger partial charge in [-0.1, -0.05) is 11.8 Å². The summed E-state index contributed by atoms with van der Waals surface area (Å²) in [6.07, 6.45) is 0. The quantitative estimate of drug-likeness (QED) is 0.679. The molecule has 0 atom stereocenters. The van der Waals surface area contributed by atoms with Crippen LogP contribution in [0.3, 0.4) is 0 Å². The molecule has 0 aliphatic heterocycles. The lowest BCUT2D eigenvalue weighted by Gasteiger charge is -2.19. The highest BCUT2D eigenvalue weighted by molar-refractivity contribution is 6.19. The van der Waals surface area contributed by atoms with Crippen molar-refractivity contribution < 1.29 is 9.53 Å². The zero-order valence-corrected chi connectivity index (χ0v) is 12.2. The molecule has 0 heterocycles. The van der Waals surface area contributed by atoms with Crippen LogP contribution in [0.4, 0.5) is 0 Å². The van der Waals surface area contributed by atoms with E-state index in [2.05, 4.69) is 17.2 Å². The lowest BCUT2D eigenvalue weighted by molar-refractivity contribution is -0.128. The Hall–Kier alpha value is -1.66. The van der Waals surface area contributed by atoms with E-state index < -0.39 is 5.41 Å². The number of hydrogen-bond donors (Lipinski definition) is 1. The van der Waals surface area contributed by atoms with E-state index in [1.54, 1.807) is 21.0 Å². The number of nitrogens with one attached hydrogen (secondary N) is 1. The molecule has 1 aromatic carbocycles. The third-order valence-electron chi connectivity index (χ3n) is 2.61. The molecule has 0 aromatic heterocycles. The number of benzene rings is 1. The number of carbonyl (C=O) groups is 1. The lowest BCUT2D eigenvalue weighted by Crippen LogP contribution is -2.38. The molecular weight excluding hydrogens is 262 g/mol. The fourth-order valence-corrected chi connectivity index (χ4v) is 1.37. The molecule has 0 aliphatic carbocycles. The van der Waals surface area contributed by atoms with Crippen molar-refractivity contribution in [3.63, 3.8) is 0 Å². The molecule has 0 unspecified atom stereocenters. The molecule has 1 amide bonds. The Labute approximate surface area is 119 Å². The number of methoxy groups -OCH3 is 1. The Morgan fingerprint density at radius 1 is 1.37 bits per heavy atom. The van der Waals surface area contributed by atoms with Crippen LogP contribution < -0.4 is 10.1 Å². The Morgan fingerprint density at radius 2 is 2.00 bits per heavy atom. The minimum absolute atomic E-state index is 0.0912. The summed E-state index contributed by atoms with van der Waals surface area (Å²) < 4.78 is 5.06. The average molecular weight is 280 g/mol. The maximum Gasteiger partial charge on any atom is 0.227 e. The lowest BCUT2D eigenvalue weighted by atomic mass is 9.95. The van der Waals surface area contributed by atoms with Crippen LogP contribution in [0.1, 0.15) is 19.4 Å². The van der Waals surface area contributed by atoms with Gasteiger partial charge >= 0.3 is 0 Å². The number of carbonyl (C=O) groups excluding carboxylic acids is 1. The molecule has 0 bridgehead atoms. The molecule has 3 nitrogen and oxygen atoms in total. The van der Waals surface area contributed by atoms with Crippen molar-refractivity contribution in [2.24, 2.45) is 5.41 Å². The van der Waals surface area contributed by atoms with Crippen LogP contribution in [0.15, 0.2) is 24.3 Å². The standard InChI is InChI=1S/C15H18ClNO2/c1-15(2,11-16)14(18)17-10-4-5-12-6-8-13(19-3)9-7-12/h6-9H,10-11H2,1-3H3,(H,17,18). The van der Waals surface area contributed by atoms with Gasteiger partial charge in [0.05, 0.1) is 19.1 Å².